The highest BCUT2D eigenvalue weighted by atomic mass is 33.1. The molecule has 0 atom stereocenters. The van der Waals surface area contributed by atoms with E-state index in [1.165, 1.54) is 6.92 Å². The first-order chi connectivity index (χ1) is 15.8. The van der Waals surface area contributed by atoms with E-state index < -0.39 is 49.7 Å². The minimum atomic E-state index is -4.83. The third kappa shape index (κ3) is 7.09. The van der Waals surface area contributed by atoms with Crippen LogP contribution in [0, 0.1) is 0 Å². The summed E-state index contributed by atoms with van der Waals surface area (Å²) in [6.45, 7) is 5.24. The van der Waals surface area contributed by atoms with Gasteiger partial charge in [-0.25, -0.2) is 18.1 Å². The SMILES string of the molecule is CC.CCS(=O)(=O)c1cc(C(F)(F)F)cnc1-c1ncn(-c2cncc(C(F)(F)F)c2)n1.SS. The molecule has 7 nitrogen and oxygen atoms in total. The first-order valence-corrected chi connectivity index (χ1v) is 12.5. The van der Waals surface area contributed by atoms with Crippen LogP contribution in [-0.4, -0.2) is 38.9 Å². The van der Waals surface area contributed by atoms with Crippen LogP contribution in [0.25, 0.3) is 17.2 Å². The van der Waals surface area contributed by atoms with Crippen molar-refractivity contribution >= 4 is 33.2 Å². The highest BCUT2D eigenvalue weighted by Crippen LogP contribution is 2.34. The van der Waals surface area contributed by atoms with Crippen molar-refractivity contribution in [2.24, 2.45) is 0 Å². The van der Waals surface area contributed by atoms with Crippen molar-refractivity contribution in [2.45, 2.75) is 38.0 Å². The van der Waals surface area contributed by atoms with Crippen molar-refractivity contribution in [1.29, 1.82) is 0 Å². The molecule has 0 N–H and O–H groups in total. The number of hydrogen-bond acceptors (Lipinski definition) is 8. The van der Waals surface area contributed by atoms with Crippen molar-refractivity contribution in [3.8, 4) is 17.2 Å². The summed E-state index contributed by atoms with van der Waals surface area (Å²) in [7, 11) is -4.15. The average molecular weight is 548 g/mol. The molecule has 0 fully saturated rings. The molecule has 3 aromatic heterocycles. The maximum Gasteiger partial charge on any atom is 0.417 e. The summed E-state index contributed by atoms with van der Waals surface area (Å²) in [5.41, 5.74) is -2.93. The van der Waals surface area contributed by atoms with Crippen LogP contribution in [0.1, 0.15) is 31.9 Å². The minimum Gasteiger partial charge on any atom is -0.262 e. The van der Waals surface area contributed by atoms with E-state index in [9.17, 15) is 34.8 Å². The van der Waals surface area contributed by atoms with E-state index in [-0.39, 0.29) is 11.5 Å². The molecule has 0 unspecified atom stereocenters. The topological polar surface area (TPSA) is 90.6 Å². The van der Waals surface area contributed by atoms with Crippen LogP contribution in [-0.2, 0) is 22.2 Å². The largest absolute Gasteiger partial charge is 0.417 e. The van der Waals surface area contributed by atoms with Gasteiger partial charge >= 0.3 is 12.4 Å². The Morgan fingerprint density at radius 1 is 0.912 bits per heavy atom. The Hall–Kier alpha value is -2.33. The third-order valence-corrected chi connectivity index (χ3v) is 5.66. The van der Waals surface area contributed by atoms with Gasteiger partial charge in [0.15, 0.2) is 9.84 Å². The summed E-state index contributed by atoms with van der Waals surface area (Å²) in [5.74, 6) is -0.894. The molecular formula is C18H19F6N5O2S3. The zero-order valence-electron chi connectivity index (χ0n) is 17.8. The molecule has 3 rings (SSSR count). The van der Waals surface area contributed by atoms with Crippen molar-refractivity contribution in [2.75, 3.05) is 5.75 Å². The van der Waals surface area contributed by atoms with Crippen LogP contribution < -0.4 is 0 Å². The number of pyridine rings is 2. The summed E-state index contributed by atoms with van der Waals surface area (Å²) >= 11 is 6.44. The van der Waals surface area contributed by atoms with E-state index in [2.05, 4.69) is 43.4 Å². The lowest BCUT2D eigenvalue weighted by Gasteiger charge is -2.11. The van der Waals surface area contributed by atoms with Gasteiger partial charge in [-0.2, -0.15) is 26.3 Å². The predicted molar refractivity (Wildman–Crippen MR) is 119 cm³/mol. The lowest BCUT2D eigenvalue weighted by Crippen LogP contribution is -2.12. The summed E-state index contributed by atoms with van der Waals surface area (Å²) in [5, 5.41) is 3.86. The smallest absolute Gasteiger partial charge is 0.262 e. The van der Waals surface area contributed by atoms with Gasteiger partial charge in [-0.05, 0) is 12.1 Å². The zero-order valence-corrected chi connectivity index (χ0v) is 20.4. The molecule has 188 valence electrons. The number of rotatable bonds is 4. The van der Waals surface area contributed by atoms with E-state index in [1.54, 1.807) is 0 Å². The van der Waals surface area contributed by atoms with Gasteiger partial charge in [0.1, 0.15) is 12.0 Å². The average Bonchev–Trinajstić information content (AvgIpc) is 3.30. The molecule has 0 bridgehead atoms. The van der Waals surface area contributed by atoms with Gasteiger partial charge in [-0.15, -0.1) is 28.4 Å². The normalized spacial score (nSPS) is 11.7. The number of alkyl halides is 6. The van der Waals surface area contributed by atoms with E-state index in [0.29, 0.717) is 18.5 Å². The van der Waals surface area contributed by atoms with Gasteiger partial charge in [0.25, 0.3) is 0 Å². The summed E-state index contributed by atoms with van der Waals surface area (Å²) in [6.07, 6.45) is -6.45. The van der Waals surface area contributed by atoms with E-state index in [4.69, 9.17) is 0 Å². The molecule has 3 heterocycles. The van der Waals surface area contributed by atoms with Crippen molar-refractivity contribution in [3.05, 3.63) is 48.2 Å². The Balaban J connectivity index is 0.00000137. The Morgan fingerprint density at radius 3 is 2.00 bits per heavy atom. The molecule has 0 radical (unpaired) electrons. The zero-order chi connectivity index (χ0) is 26.3. The van der Waals surface area contributed by atoms with E-state index in [0.717, 1.165) is 23.3 Å². The lowest BCUT2D eigenvalue weighted by atomic mass is 10.2. The molecule has 0 aliphatic carbocycles. The van der Waals surface area contributed by atoms with Gasteiger partial charge in [0, 0.05) is 12.4 Å². The fraction of sp³-hybridized carbons (Fsp3) is 0.333. The summed E-state index contributed by atoms with van der Waals surface area (Å²) < 4.78 is 103. The van der Waals surface area contributed by atoms with Crippen molar-refractivity contribution < 1.29 is 34.8 Å². The highest BCUT2D eigenvalue weighted by molar-refractivity contribution is 8.59. The molecule has 0 spiro atoms. The quantitative estimate of drug-likeness (QED) is 0.260. The number of hydrogen-bond donors (Lipinski definition) is 2. The Morgan fingerprint density at radius 2 is 1.47 bits per heavy atom. The van der Waals surface area contributed by atoms with Crippen LogP contribution in [0.3, 0.4) is 0 Å². The number of aromatic nitrogens is 5. The third-order valence-electron chi connectivity index (χ3n) is 3.91. The minimum absolute atomic E-state index is 0.143. The molecule has 0 aliphatic heterocycles. The molecule has 0 aliphatic rings. The molecule has 0 saturated carbocycles. The van der Waals surface area contributed by atoms with E-state index in [1.807, 2.05) is 13.8 Å². The maximum absolute atomic E-state index is 13.0. The molecule has 3 aromatic rings. The second-order valence-corrected chi connectivity index (χ2v) is 8.16. The molecule has 0 amide bonds. The number of thiol groups is 2. The number of nitrogens with zero attached hydrogens (tertiary/aromatic N) is 5. The standard InChI is InChI=1S/C16H11F6N5O2S.C2H6.H2S2/c1-2-30(28,29)12-4-10(16(20,21)22)6-24-13(12)14-25-8-27(26-14)11-3-9(5-23-7-11)15(17,18)19;2*1-2/h3-8H,2H2,1H3;1-2H3;1-2H. The Kier molecular flexibility index (Phi) is 10.4. The van der Waals surface area contributed by atoms with Crippen LogP contribution in [0.5, 0.6) is 0 Å². The highest BCUT2D eigenvalue weighted by Gasteiger charge is 2.34. The molecule has 0 aromatic carbocycles. The number of sulfone groups is 1. The summed E-state index contributed by atoms with van der Waals surface area (Å²) in [4.78, 5) is 10.1. The van der Waals surface area contributed by atoms with Crippen molar-refractivity contribution in [1.82, 2.24) is 24.7 Å². The molecule has 0 saturated heterocycles. The monoisotopic (exact) mass is 547 g/mol. The van der Waals surface area contributed by atoms with Gasteiger partial charge < -0.3 is 0 Å². The van der Waals surface area contributed by atoms with Crippen LogP contribution in [0.15, 0.2) is 41.9 Å². The van der Waals surface area contributed by atoms with E-state index >= 15 is 0 Å². The lowest BCUT2D eigenvalue weighted by molar-refractivity contribution is -0.138. The second kappa shape index (κ2) is 11.9. The van der Waals surface area contributed by atoms with Gasteiger partial charge in [-0.3, -0.25) is 9.97 Å². The Labute approximate surface area is 201 Å². The fourth-order valence-corrected chi connectivity index (χ4v) is 3.42. The van der Waals surface area contributed by atoms with Crippen LogP contribution in [0.4, 0.5) is 26.3 Å². The molecule has 16 heteroatoms. The summed E-state index contributed by atoms with van der Waals surface area (Å²) in [6, 6.07) is 1.16. The van der Waals surface area contributed by atoms with Crippen molar-refractivity contribution in [3.63, 3.8) is 0 Å². The van der Waals surface area contributed by atoms with Crippen LogP contribution >= 0.6 is 23.3 Å². The Bertz CT molecular complexity index is 1200. The van der Waals surface area contributed by atoms with Gasteiger partial charge in [0.05, 0.1) is 33.7 Å². The maximum atomic E-state index is 13.0. The van der Waals surface area contributed by atoms with Crippen LogP contribution in [0.2, 0.25) is 0 Å². The van der Waals surface area contributed by atoms with Gasteiger partial charge in [0.2, 0.25) is 5.82 Å². The first-order valence-electron chi connectivity index (χ1n) is 9.27. The first kappa shape index (κ1) is 29.7. The van der Waals surface area contributed by atoms with Gasteiger partial charge in [-0.1, -0.05) is 20.8 Å². The molecule has 34 heavy (non-hydrogen) atoms. The molecular weight excluding hydrogens is 528 g/mol. The predicted octanol–water partition coefficient (Wildman–Crippen LogP) is 5.34. The second-order valence-electron chi connectivity index (χ2n) is 5.91. The fourth-order valence-electron chi connectivity index (χ4n) is 2.36. The number of halogens is 6.